The van der Waals surface area contributed by atoms with E-state index in [1.54, 1.807) is 6.07 Å². The summed E-state index contributed by atoms with van der Waals surface area (Å²) in [6.07, 6.45) is 5.74. The van der Waals surface area contributed by atoms with E-state index in [0.29, 0.717) is 11.8 Å². The summed E-state index contributed by atoms with van der Waals surface area (Å²) in [5.41, 5.74) is 6.52. The number of allylic oxidation sites excluding steroid dienone is 1. The van der Waals surface area contributed by atoms with Crippen LogP contribution in [-0.4, -0.2) is 11.9 Å². The van der Waals surface area contributed by atoms with Gasteiger partial charge in [0.25, 0.3) is 0 Å². The quantitative estimate of drug-likeness (QED) is 0.486. The maximum absolute atomic E-state index is 12.2. The highest BCUT2D eigenvalue weighted by Crippen LogP contribution is 2.28. The third-order valence-electron chi connectivity index (χ3n) is 5.07. The lowest BCUT2D eigenvalue weighted by atomic mass is 9.84. The number of rotatable bonds is 4. The maximum atomic E-state index is 12.2. The third-order valence-corrected chi connectivity index (χ3v) is 5.07. The van der Waals surface area contributed by atoms with Crippen molar-refractivity contribution in [1.82, 2.24) is 0 Å². The molecule has 2 aromatic rings. The van der Waals surface area contributed by atoms with E-state index in [1.807, 2.05) is 26.8 Å². The Morgan fingerprint density at radius 3 is 2.09 bits per heavy atom. The van der Waals surface area contributed by atoms with Gasteiger partial charge in [0.15, 0.2) is 0 Å². The van der Waals surface area contributed by atoms with Crippen LogP contribution in [0.5, 0.6) is 0 Å². The monoisotopic (exact) mass is 441 g/mol. The molecule has 3 rings (SSSR count). The molecule has 0 amide bonds. The normalized spacial score (nSPS) is 14.2. The smallest absolute Gasteiger partial charge is 0.265 e. The van der Waals surface area contributed by atoms with Gasteiger partial charge in [0, 0.05) is 25.7 Å². The molecule has 0 fully saturated rings. The zero-order valence-corrected chi connectivity index (χ0v) is 20.6. The first-order valence-corrected chi connectivity index (χ1v) is 11.3. The first-order chi connectivity index (χ1) is 15.3. The van der Waals surface area contributed by atoms with Gasteiger partial charge in [-0.3, -0.25) is 4.99 Å². The Morgan fingerprint density at radius 1 is 1.06 bits per heavy atom. The number of benzene rings is 2. The molecule has 3 nitrogen and oxygen atoms in total. The minimum atomic E-state index is -0.162. The molecule has 0 saturated carbocycles. The molecule has 0 bridgehead atoms. The lowest BCUT2D eigenvalue weighted by Crippen LogP contribution is -2.21. The second-order valence-corrected chi connectivity index (χ2v) is 7.83. The topological polar surface area (TPSA) is 46.5 Å². The predicted molar refractivity (Wildman–Crippen MR) is 133 cm³/mol. The standard InChI is InChI=1S/C18H25N.C7H7F.C2H6.CO2.H2/c1-5-16-11-17(13(2)3)12-19-18(16)10-15-8-6-14(4)7-9-15;1-6-3-2-4-7(8)5-6;1-2;2-1-3;/h6-9,12-13,16H,5,10-11H2,1-4H3;2-5H,1H3;1-2H3;;1H. The Kier molecular flexibility index (Phi) is 15.3. The first kappa shape index (κ1) is 29.2. The Balaban J connectivity index is 0. The van der Waals surface area contributed by atoms with Gasteiger partial charge >= 0.3 is 6.15 Å². The molecule has 1 aliphatic rings. The van der Waals surface area contributed by atoms with Gasteiger partial charge in [0.1, 0.15) is 5.82 Å². The van der Waals surface area contributed by atoms with Crippen molar-refractivity contribution in [3.63, 3.8) is 0 Å². The molecule has 0 spiro atoms. The van der Waals surface area contributed by atoms with Gasteiger partial charge in [-0.1, -0.05) is 76.6 Å². The molecule has 1 atom stereocenters. The Hall–Kier alpha value is -2.84. The van der Waals surface area contributed by atoms with Crippen molar-refractivity contribution in [3.05, 3.63) is 82.8 Å². The van der Waals surface area contributed by atoms with Crippen molar-refractivity contribution in [2.24, 2.45) is 16.8 Å². The van der Waals surface area contributed by atoms with Gasteiger partial charge in [0.2, 0.25) is 0 Å². The van der Waals surface area contributed by atoms with Gasteiger partial charge in [-0.05, 0) is 61.4 Å². The molecule has 0 aliphatic carbocycles. The second-order valence-electron chi connectivity index (χ2n) is 7.83. The highest BCUT2D eigenvalue weighted by atomic mass is 19.1. The highest BCUT2D eigenvalue weighted by molar-refractivity contribution is 5.90. The zero-order valence-electron chi connectivity index (χ0n) is 20.6. The van der Waals surface area contributed by atoms with E-state index in [9.17, 15) is 4.39 Å². The number of halogens is 1. The van der Waals surface area contributed by atoms with E-state index in [0.717, 1.165) is 12.0 Å². The van der Waals surface area contributed by atoms with E-state index in [-0.39, 0.29) is 13.4 Å². The maximum Gasteiger partial charge on any atom is 0.373 e. The van der Waals surface area contributed by atoms with Crippen molar-refractivity contribution in [3.8, 4) is 0 Å². The van der Waals surface area contributed by atoms with Crippen molar-refractivity contribution in [1.29, 1.82) is 0 Å². The number of aliphatic imine (C=N–C) groups is 1. The highest BCUT2D eigenvalue weighted by Gasteiger charge is 2.20. The molecule has 32 heavy (non-hydrogen) atoms. The minimum absolute atomic E-state index is 0. The first-order valence-electron chi connectivity index (χ1n) is 11.3. The third kappa shape index (κ3) is 11.5. The summed E-state index contributed by atoms with van der Waals surface area (Å²) in [7, 11) is 0. The van der Waals surface area contributed by atoms with Crippen LogP contribution in [0.4, 0.5) is 4.39 Å². The molecule has 176 valence electrons. The van der Waals surface area contributed by atoms with Crippen LogP contribution in [0.15, 0.2) is 65.3 Å². The van der Waals surface area contributed by atoms with Crippen LogP contribution in [0.25, 0.3) is 0 Å². The lowest BCUT2D eigenvalue weighted by Gasteiger charge is -2.24. The van der Waals surface area contributed by atoms with Crippen LogP contribution in [0.1, 0.15) is 65.6 Å². The summed E-state index contributed by atoms with van der Waals surface area (Å²) in [6, 6.07) is 15.3. The molecule has 4 heteroatoms. The summed E-state index contributed by atoms with van der Waals surface area (Å²) < 4.78 is 12.2. The van der Waals surface area contributed by atoms with Gasteiger partial charge in [-0.25, -0.2) is 4.39 Å². The zero-order chi connectivity index (χ0) is 24.5. The van der Waals surface area contributed by atoms with Crippen LogP contribution >= 0.6 is 0 Å². The largest absolute Gasteiger partial charge is 0.373 e. The minimum Gasteiger partial charge on any atom is -0.265 e. The molecule has 0 N–H and O–H groups in total. The van der Waals surface area contributed by atoms with Gasteiger partial charge < -0.3 is 0 Å². The number of hydrogen-bond acceptors (Lipinski definition) is 3. The molecule has 1 heterocycles. The number of aryl methyl sites for hydroxylation is 2. The van der Waals surface area contributed by atoms with Crippen LogP contribution < -0.4 is 0 Å². The summed E-state index contributed by atoms with van der Waals surface area (Å²) in [6.45, 7) is 14.8. The lowest BCUT2D eigenvalue weighted by molar-refractivity contribution is -0.191. The van der Waals surface area contributed by atoms with E-state index >= 15 is 0 Å². The summed E-state index contributed by atoms with van der Waals surface area (Å²) in [4.78, 5) is 21.0. The summed E-state index contributed by atoms with van der Waals surface area (Å²) in [5.74, 6) is 1.09. The number of nitrogens with zero attached hydrogens (tertiary/aromatic N) is 1. The van der Waals surface area contributed by atoms with Crippen molar-refractivity contribution >= 4 is 11.9 Å². The molecule has 1 aliphatic heterocycles. The second kappa shape index (κ2) is 16.8. The van der Waals surface area contributed by atoms with E-state index < -0.39 is 0 Å². The van der Waals surface area contributed by atoms with Crippen molar-refractivity contribution in [2.45, 2.75) is 67.7 Å². The Bertz CT molecular complexity index is 866. The fourth-order valence-corrected chi connectivity index (χ4v) is 3.20. The Morgan fingerprint density at radius 2 is 1.66 bits per heavy atom. The molecule has 0 radical (unpaired) electrons. The SMILES string of the molecule is CC.CCC1CC(C(C)C)=CN=C1Cc1ccc(C)cc1.Cc1cccc(F)c1.O=C=O.[HH]. The number of hydrogen-bond donors (Lipinski definition) is 0. The van der Waals surface area contributed by atoms with Crippen molar-refractivity contribution in [2.75, 3.05) is 0 Å². The molecular weight excluding hydrogens is 401 g/mol. The van der Waals surface area contributed by atoms with Crippen molar-refractivity contribution < 1.29 is 15.4 Å². The molecule has 0 aromatic heterocycles. The van der Waals surface area contributed by atoms with Crippen LogP contribution in [0, 0.1) is 31.5 Å². The molecule has 2 aromatic carbocycles. The predicted octanol–water partition coefficient (Wildman–Crippen LogP) is 7.77. The average molecular weight is 442 g/mol. The van der Waals surface area contributed by atoms with Gasteiger partial charge in [-0.2, -0.15) is 9.59 Å². The average Bonchev–Trinajstić information content (AvgIpc) is 2.77. The van der Waals surface area contributed by atoms with Gasteiger partial charge in [-0.15, -0.1) is 0 Å². The molecule has 0 saturated heterocycles. The van der Waals surface area contributed by atoms with Crippen LogP contribution in [0.2, 0.25) is 0 Å². The van der Waals surface area contributed by atoms with E-state index in [2.05, 4.69) is 58.2 Å². The Labute approximate surface area is 195 Å². The fourth-order valence-electron chi connectivity index (χ4n) is 3.20. The number of carbonyl (C=O) groups excluding carboxylic acids is 2. The fraction of sp³-hybridized carbons (Fsp3) is 0.429. The van der Waals surface area contributed by atoms with Gasteiger partial charge in [0.05, 0.1) is 0 Å². The molecule has 1 unspecified atom stereocenters. The van der Waals surface area contributed by atoms with E-state index in [1.165, 1.54) is 47.4 Å². The summed E-state index contributed by atoms with van der Waals surface area (Å²) >= 11 is 0. The van der Waals surface area contributed by atoms with Crippen LogP contribution in [-0.2, 0) is 16.0 Å². The van der Waals surface area contributed by atoms with Crippen LogP contribution in [0.3, 0.4) is 0 Å². The summed E-state index contributed by atoms with van der Waals surface area (Å²) in [5, 5.41) is 0. The molecular formula is C28H40FNO2. The van der Waals surface area contributed by atoms with E-state index in [4.69, 9.17) is 14.6 Å².